The molecular weight excluding hydrogens is 456 g/mol. The van der Waals surface area contributed by atoms with Crippen molar-refractivity contribution in [1.82, 2.24) is 19.9 Å². The van der Waals surface area contributed by atoms with Crippen LogP contribution in [-0.4, -0.2) is 45.0 Å². The molecule has 3 N–H and O–H groups in total. The van der Waals surface area contributed by atoms with Crippen LogP contribution < -0.4 is 15.8 Å². The Hall–Kier alpha value is -4.12. The molecule has 4 aromatic rings. The van der Waals surface area contributed by atoms with Crippen molar-refractivity contribution in [1.29, 1.82) is 0 Å². The number of nitrogens with zero attached hydrogens (tertiary/aromatic N) is 4. The van der Waals surface area contributed by atoms with Gasteiger partial charge in [-0.15, -0.1) is 11.8 Å². The van der Waals surface area contributed by atoms with Gasteiger partial charge >= 0.3 is 0 Å². The van der Waals surface area contributed by atoms with Crippen LogP contribution in [0.3, 0.4) is 0 Å². The molecule has 1 amide bonds. The van der Waals surface area contributed by atoms with Gasteiger partial charge in [-0.3, -0.25) is 9.59 Å². The largest absolute Gasteiger partial charge is 0.497 e. The van der Waals surface area contributed by atoms with Gasteiger partial charge in [-0.1, -0.05) is 17.3 Å². The number of hydrogen-bond donors (Lipinski definition) is 2. The van der Waals surface area contributed by atoms with E-state index in [0.717, 1.165) is 5.56 Å². The number of thioether (sulfide) groups is 1. The number of carbonyl (C=O) groups excluding carboxylic acids is 2. The van der Waals surface area contributed by atoms with Crippen molar-refractivity contribution in [3.63, 3.8) is 0 Å². The quantitative estimate of drug-likeness (QED) is 0.286. The van der Waals surface area contributed by atoms with Crippen LogP contribution in [0.2, 0.25) is 0 Å². The van der Waals surface area contributed by atoms with E-state index in [4.69, 9.17) is 15.0 Å². The molecule has 2 aromatic carbocycles. The first kappa shape index (κ1) is 23.1. The van der Waals surface area contributed by atoms with E-state index in [2.05, 4.69) is 20.6 Å². The molecule has 0 saturated heterocycles. The van der Waals surface area contributed by atoms with Crippen molar-refractivity contribution in [3.05, 3.63) is 54.1 Å². The molecule has 2 heterocycles. The second-order valence-electron chi connectivity index (χ2n) is 7.26. The molecule has 2 aromatic heterocycles. The SMILES string of the molecule is COc1ccc(-c2noc(-c3c(SC)nn(CC(=O)Nc4cccc(C(C)=O)c4)c3N)n2)cc1. The minimum Gasteiger partial charge on any atom is -0.497 e. The van der Waals surface area contributed by atoms with Gasteiger partial charge in [0.1, 0.15) is 28.7 Å². The number of ketones is 1. The summed E-state index contributed by atoms with van der Waals surface area (Å²) >= 11 is 1.35. The van der Waals surface area contributed by atoms with Crippen LogP contribution in [0.4, 0.5) is 11.5 Å². The number of rotatable bonds is 8. The Bertz CT molecular complexity index is 1350. The van der Waals surface area contributed by atoms with Crippen molar-refractivity contribution < 1.29 is 18.8 Å². The Kier molecular flexibility index (Phi) is 6.64. The van der Waals surface area contributed by atoms with E-state index in [1.54, 1.807) is 43.5 Å². The number of anilines is 2. The Morgan fingerprint density at radius 3 is 2.65 bits per heavy atom. The van der Waals surface area contributed by atoms with Gasteiger partial charge in [0.15, 0.2) is 5.78 Å². The van der Waals surface area contributed by atoms with Gasteiger partial charge in [0.25, 0.3) is 5.89 Å². The lowest BCUT2D eigenvalue weighted by Crippen LogP contribution is -2.20. The second-order valence-corrected chi connectivity index (χ2v) is 8.06. The van der Waals surface area contributed by atoms with Crippen LogP contribution >= 0.6 is 11.8 Å². The highest BCUT2D eigenvalue weighted by Gasteiger charge is 2.24. The zero-order valence-corrected chi connectivity index (χ0v) is 19.5. The van der Waals surface area contributed by atoms with E-state index in [1.807, 2.05) is 18.4 Å². The third-order valence-electron chi connectivity index (χ3n) is 4.99. The van der Waals surface area contributed by atoms with E-state index in [9.17, 15) is 9.59 Å². The van der Waals surface area contributed by atoms with E-state index in [1.165, 1.54) is 23.4 Å². The first-order chi connectivity index (χ1) is 16.4. The molecule has 34 heavy (non-hydrogen) atoms. The summed E-state index contributed by atoms with van der Waals surface area (Å²) in [5.41, 5.74) is 8.55. The van der Waals surface area contributed by atoms with Gasteiger partial charge in [0.2, 0.25) is 11.7 Å². The minimum atomic E-state index is -0.349. The first-order valence-electron chi connectivity index (χ1n) is 10.2. The summed E-state index contributed by atoms with van der Waals surface area (Å²) in [5.74, 6) is 1.10. The summed E-state index contributed by atoms with van der Waals surface area (Å²) < 4.78 is 12.0. The van der Waals surface area contributed by atoms with Crippen LogP contribution in [0, 0.1) is 0 Å². The van der Waals surface area contributed by atoms with Crippen LogP contribution in [0.25, 0.3) is 22.8 Å². The fraction of sp³-hybridized carbons (Fsp3) is 0.174. The highest BCUT2D eigenvalue weighted by atomic mass is 32.2. The molecule has 10 nitrogen and oxygen atoms in total. The molecule has 0 radical (unpaired) electrons. The number of methoxy groups -OCH3 is 1. The van der Waals surface area contributed by atoms with Crippen LogP contribution in [0.1, 0.15) is 17.3 Å². The molecule has 0 aliphatic heterocycles. The summed E-state index contributed by atoms with van der Waals surface area (Å²) in [6.45, 7) is 1.33. The summed E-state index contributed by atoms with van der Waals surface area (Å²) in [5, 5.41) is 11.8. The number of aromatic nitrogens is 4. The Morgan fingerprint density at radius 1 is 1.21 bits per heavy atom. The summed E-state index contributed by atoms with van der Waals surface area (Å²) in [6.07, 6.45) is 1.84. The smallest absolute Gasteiger partial charge is 0.264 e. The van der Waals surface area contributed by atoms with Gasteiger partial charge in [-0.25, -0.2) is 4.68 Å². The topological polar surface area (TPSA) is 138 Å². The second kappa shape index (κ2) is 9.79. The van der Waals surface area contributed by atoms with Gasteiger partial charge in [0.05, 0.1) is 7.11 Å². The number of nitrogen functional groups attached to an aromatic ring is 1. The van der Waals surface area contributed by atoms with Gasteiger partial charge < -0.3 is 20.3 Å². The monoisotopic (exact) mass is 478 g/mol. The number of amides is 1. The Balaban J connectivity index is 1.56. The molecule has 0 aliphatic carbocycles. The van der Waals surface area contributed by atoms with E-state index >= 15 is 0 Å². The lowest BCUT2D eigenvalue weighted by atomic mass is 10.1. The Morgan fingerprint density at radius 2 is 1.97 bits per heavy atom. The van der Waals surface area contributed by atoms with Gasteiger partial charge in [-0.2, -0.15) is 10.1 Å². The number of benzene rings is 2. The molecule has 4 rings (SSSR count). The molecule has 0 fully saturated rings. The standard InChI is InChI=1S/C23H22N6O4S/c1-13(30)15-5-4-6-16(11-15)25-18(31)12-29-20(24)19(23(27-29)34-3)22-26-21(28-33-22)14-7-9-17(32-2)10-8-14/h4-11H,12,24H2,1-3H3,(H,25,31). The van der Waals surface area contributed by atoms with E-state index < -0.39 is 0 Å². The van der Waals surface area contributed by atoms with Gasteiger partial charge in [-0.05, 0) is 49.6 Å². The maximum atomic E-state index is 12.6. The van der Waals surface area contributed by atoms with Crippen LogP contribution in [-0.2, 0) is 11.3 Å². The molecule has 174 valence electrons. The number of ether oxygens (including phenoxy) is 1. The number of nitrogens with two attached hydrogens (primary N) is 1. The number of carbonyl (C=O) groups is 2. The van der Waals surface area contributed by atoms with Crippen LogP contribution in [0.5, 0.6) is 5.75 Å². The van der Waals surface area contributed by atoms with Crippen molar-refractivity contribution >= 4 is 35.0 Å². The summed E-state index contributed by atoms with van der Waals surface area (Å²) in [7, 11) is 1.59. The predicted molar refractivity (Wildman–Crippen MR) is 129 cm³/mol. The van der Waals surface area contributed by atoms with Crippen molar-refractivity contribution in [2.75, 3.05) is 24.4 Å². The third kappa shape index (κ3) is 4.79. The summed E-state index contributed by atoms with van der Waals surface area (Å²) in [4.78, 5) is 28.7. The maximum Gasteiger partial charge on any atom is 0.264 e. The zero-order valence-electron chi connectivity index (χ0n) is 18.7. The molecule has 0 bridgehead atoms. The molecule has 11 heteroatoms. The molecule has 0 spiro atoms. The normalized spacial score (nSPS) is 10.8. The van der Waals surface area contributed by atoms with Gasteiger partial charge in [0, 0.05) is 16.8 Å². The van der Waals surface area contributed by atoms with E-state index in [-0.39, 0.29) is 29.9 Å². The average Bonchev–Trinajstić information content (AvgIpc) is 3.43. The van der Waals surface area contributed by atoms with Crippen LogP contribution in [0.15, 0.2) is 58.1 Å². The number of Topliss-reactive ketones (excluding diaryl/α,β-unsaturated/α-hetero) is 1. The molecule has 0 aliphatic rings. The van der Waals surface area contributed by atoms with Crippen molar-refractivity contribution in [3.8, 4) is 28.6 Å². The fourth-order valence-electron chi connectivity index (χ4n) is 3.25. The number of hydrogen-bond acceptors (Lipinski definition) is 9. The maximum absolute atomic E-state index is 12.6. The predicted octanol–water partition coefficient (Wildman–Crippen LogP) is 3.75. The molecular formula is C23H22N6O4S. The fourth-order valence-corrected chi connectivity index (χ4v) is 3.83. The molecule has 0 saturated carbocycles. The molecule has 0 atom stereocenters. The Labute approximate surface area is 199 Å². The molecule has 0 unspecified atom stereocenters. The zero-order chi connectivity index (χ0) is 24.2. The highest BCUT2D eigenvalue weighted by Crippen LogP contribution is 2.35. The summed E-state index contributed by atoms with van der Waals surface area (Å²) in [6, 6.07) is 14.0. The lowest BCUT2D eigenvalue weighted by molar-refractivity contribution is -0.116. The third-order valence-corrected chi connectivity index (χ3v) is 5.66. The average molecular weight is 479 g/mol. The lowest BCUT2D eigenvalue weighted by Gasteiger charge is -2.07. The first-order valence-corrected chi connectivity index (χ1v) is 11.4. The number of nitrogens with one attached hydrogen (secondary N) is 1. The minimum absolute atomic E-state index is 0.0877. The highest BCUT2D eigenvalue weighted by molar-refractivity contribution is 7.98. The van der Waals surface area contributed by atoms with Crippen molar-refractivity contribution in [2.24, 2.45) is 0 Å². The van der Waals surface area contributed by atoms with Crippen molar-refractivity contribution in [2.45, 2.75) is 18.5 Å². The van der Waals surface area contributed by atoms with E-state index in [0.29, 0.717) is 33.4 Å².